The fourth-order valence-corrected chi connectivity index (χ4v) is 3.33. The van der Waals surface area contributed by atoms with Crippen LogP contribution >= 0.6 is 0 Å². The first-order valence-electron chi connectivity index (χ1n) is 8.75. The highest BCUT2D eigenvalue weighted by Gasteiger charge is 2.33. The Balaban J connectivity index is 1.53. The maximum atomic E-state index is 12.8. The van der Waals surface area contributed by atoms with Gasteiger partial charge < -0.3 is 5.32 Å². The first kappa shape index (κ1) is 17.0. The van der Waals surface area contributed by atoms with Crippen molar-refractivity contribution < 1.29 is 14.4 Å². The fraction of sp³-hybridized carbons (Fsp3) is 0.136. The normalized spacial score (nSPS) is 13.1. The van der Waals surface area contributed by atoms with E-state index in [4.69, 9.17) is 0 Å². The Morgan fingerprint density at radius 2 is 1.48 bits per heavy atom. The molecule has 3 amide bonds. The van der Waals surface area contributed by atoms with Crippen LogP contribution in [0.2, 0.25) is 0 Å². The molecule has 0 aliphatic carbocycles. The Morgan fingerprint density at radius 3 is 2.07 bits per heavy atom. The van der Waals surface area contributed by atoms with E-state index in [1.54, 1.807) is 24.3 Å². The molecule has 0 saturated carbocycles. The predicted molar refractivity (Wildman–Crippen MR) is 102 cm³/mol. The number of amides is 3. The molecule has 1 aliphatic rings. The van der Waals surface area contributed by atoms with Crippen LogP contribution in [0, 0.1) is 6.92 Å². The van der Waals surface area contributed by atoms with Crippen LogP contribution in [0.3, 0.4) is 0 Å². The van der Waals surface area contributed by atoms with E-state index in [0.717, 1.165) is 21.4 Å². The molecule has 0 spiro atoms. The van der Waals surface area contributed by atoms with Crippen LogP contribution in [-0.4, -0.2) is 29.2 Å². The van der Waals surface area contributed by atoms with Gasteiger partial charge >= 0.3 is 0 Å². The molecule has 5 heteroatoms. The Hall–Kier alpha value is -3.47. The van der Waals surface area contributed by atoms with Gasteiger partial charge in [0.1, 0.15) is 6.54 Å². The third-order valence-electron chi connectivity index (χ3n) is 4.77. The molecule has 1 N–H and O–H groups in total. The molecule has 5 nitrogen and oxygen atoms in total. The number of nitrogens with one attached hydrogen (secondary N) is 1. The lowest BCUT2D eigenvalue weighted by molar-refractivity contribution is -0.121. The van der Waals surface area contributed by atoms with E-state index >= 15 is 0 Å². The van der Waals surface area contributed by atoms with E-state index in [-0.39, 0.29) is 12.5 Å². The molecular weight excluding hydrogens is 340 g/mol. The molecule has 3 aromatic rings. The molecule has 0 saturated heterocycles. The third kappa shape index (κ3) is 3.08. The number of benzene rings is 3. The lowest BCUT2D eigenvalue weighted by atomic mass is 9.94. The number of aryl methyl sites for hydroxylation is 1. The number of hydrogen-bond donors (Lipinski definition) is 1. The second kappa shape index (κ2) is 6.68. The Bertz CT molecular complexity index is 1020. The van der Waals surface area contributed by atoms with Crippen molar-refractivity contribution in [3.05, 3.63) is 82.9 Å². The summed E-state index contributed by atoms with van der Waals surface area (Å²) in [7, 11) is 0. The van der Waals surface area contributed by atoms with Crippen LogP contribution in [0.4, 0.5) is 0 Å². The van der Waals surface area contributed by atoms with Crippen molar-refractivity contribution in [1.82, 2.24) is 10.2 Å². The number of nitrogens with zero attached hydrogens (tertiary/aromatic N) is 1. The fourth-order valence-electron chi connectivity index (χ4n) is 3.33. The zero-order chi connectivity index (χ0) is 19.0. The number of hydrogen-bond acceptors (Lipinski definition) is 3. The first-order chi connectivity index (χ1) is 13.0. The van der Waals surface area contributed by atoms with Gasteiger partial charge in [0.2, 0.25) is 5.91 Å². The summed E-state index contributed by atoms with van der Waals surface area (Å²) in [6.07, 6.45) is 0. The first-order valence-corrected chi connectivity index (χ1v) is 8.75. The molecule has 0 aromatic heterocycles. The summed E-state index contributed by atoms with van der Waals surface area (Å²) in [6.45, 7) is 2.05. The number of imide groups is 1. The molecule has 1 aliphatic heterocycles. The van der Waals surface area contributed by atoms with E-state index < -0.39 is 11.8 Å². The second-order valence-electron chi connectivity index (χ2n) is 6.67. The zero-order valence-electron chi connectivity index (χ0n) is 14.9. The molecular formula is C22H18N2O3. The predicted octanol–water partition coefficient (Wildman–Crippen LogP) is 3.06. The van der Waals surface area contributed by atoms with Crippen molar-refractivity contribution in [1.29, 1.82) is 0 Å². The maximum Gasteiger partial charge on any atom is 0.261 e. The standard InChI is InChI=1S/C22H18N2O3/c1-14-8-10-15(11-9-14)12-23-19(25)13-24-21(26)17-6-2-4-16-5-3-7-18(20(16)17)22(24)27/h2-11H,12-13H2,1H3,(H,23,25). The van der Waals surface area contributed by atoms with Gasteiger partial charge in [-0.2, -0.15) is 0 Å². The number of carbonyl (C=O) groups excluding carboxylic acids is 3. The van der Waals surface area contributed by atoms with Crippen LogP contribution < -0.4 is 5.32 Å². The molecule has 0 fully saturated rings. The average Bonchev–Trinajstić information content (AvgIpc) is 2.69. The maximum absolute atomic E-state index is 12.8. The monoisotopic (exact) mass is 358 g/mol. The highest BCUT2D eigenvalue weighted by atomic mass is 16.2. The van der Waals surface area contributed by atoms with Gasteiger partial charge in [0.05, 0.1) is 0 Å². The Labute approximate surface area is 156 Å². The van der Waals surface area contributed by atoms with Gasteiger partial charge in [-0.15, -0.1) is 0 Å². The van der Waals surface area contributed by atoms with Crippen molar-refractivity contribution in [2.75, 3.05) is 6.54 Å². The summed E-state index contributed by atoms with van der Waals surface area (Å²) in [5.41, 5.74) is 3.01. The minimum absolute atomic E-state index is 0.297. The van der Waals surface area contributed by atoms with Gasteiger partial charge in [-0.25, -0.2) is 0 Å². The minimum atomic E-state index is -0.435. The highest BCUT2D eigenvalue weighted by molar-refractivity contribution is 6.26. The van der Waals surface area contributed by atoms with E-state index in [0.29, 0.717) is 23.1 Å². The highest BCUT2D eigenvalue weighted by Crippen LogP contribution is 2.29. The van der Waals surface area contributed by atoms with Crippen molar-refractivity contribution in [3.8, 4) is 0 Å². The molecule has 27 heavy (non-hydrogen) atoms. The summed E-state index contributed by atoms with van der Waals surface area (Å²) in [6, 6.07) is 18.5. The van der Waals surface area contributed by atoms with E-state index in [1.807, 2.05) is 43.3 Å². The lowest BCUT2D eigenvalue weighted by Gasteiger charge is -2.26. The van der Waals surface area contributed by atoms with Crippen LogP contribution in [0.25, 0.3) is 10.8 Å². The average molecular weight is 358 g/mol. The summed E-state index contributed by atoms with van der Waals surface area (Å²) in [5.74, 6) is -1.24. The molecule has 4 rings (SSSR count). The number of rotatable bonds is 4. The molecule has 0 atom stereocenters. The molecule has 1 heterocycles. The molecule has 0 unspecified atom stereocenters. The number of carbonyl (C=O) groups is 3. The van der Waals surface area contributed by atoms with Crippen molar-refractivity contribution >= 4 is 28.5 Å². The van der Waals surface area contributed by atoms with Crippen molar-refractivity contribution in [2.45, 2.75) is 13.5 Å². The lowest BCUT2D eigenvalue weighted by Crippen LogP contribution is -2.46. The molecule has 0 radical (unpaired) electrons. The Kier molecular flexibility index (Phi) is 4.20. The van der Waals surface area contributed by atoms with Gasteiger partial charge in [-0.05, 0) is 30.0 Å². The molecule has 134 valence electrons. The zero-order valence-corrected chi connectivity index (χ0v) is 14.9. The van der Waals surface area contributed by atoms with Gasteiger partial charge in [-0.3, -0.25) is 19.3 Å². The third-order valence-corrected chi connectivity index (χ3v) is 4.77. The topological polar surface area (TPSA) is 66.5 Å². The van der Waals surface area contributed by atoms with E-state index in [2.05, 4.69) is 5.32 Å². The van der Waals surface area contributed by atoms with Gasteiger partial charge in [0.25, 0.3) is 11.8 Å². The summed E-state index contributed by atoms with van der Waals surface area (Å²) in [4.78, 5) is 38.9. The van der Waals surface area contributed by atoms with Crippen LogP contribution in [0.1, 0.15) is 31.8 Å². The van der Waals surface area contributed by atoms with E-state index in [9.17, 15) is 14.4 Å². The van der Waals surface area contributed by atoms with Gasteiger partial charge in [-0.1, -0.05) is 54.1 Å². The summed E-state index contributed by atoms with van der Waals surface area (Å²) >= 11 is 0. The minimum Gasteiger partial charge on any atom is -0.350 e. The SMILES string of the molecule is Cc1ccc(CNC(=O)CN2C(=O)c3cccc4cccc(c34)C2=O)cc1. The van der Waals surface area contributed by atoms with Crippen LogP contribution in [0.5, 0.6) is 0 Å². The van der Waals surface area contributed by atoms with Crippen LogP contribution in [-0.2, 0) is 11.3 Å². The molecule has 3 aromatic carbocycles. The second-order valence-corrected chi connectivity index (χ2v) is 6.67. The van der Waals surface area contributed by atoms with Crippen molar-refractivity contribution in [2.24, 2.45) is 0 Å². The summed E-state index contributed by atoms with van der Waals surface area (Å²) < 4.78 is 0. The van der Waals surface area contributed by atoms with Gasteiger partial charge in [0.15, 0.2) is 0 Å². The van der Waals surface area contributed by atoms with Gasteiger partial charge in [0, 0.05) is 23.1 Å². The van der Waals surface area contributed by atoms with Crippen molar-refractivity contribution in [3.63, 3.8) is 0 Å². The summed E-state index contributed by atoms with van der Waals surface area (Å²) in [5, 5.41) is 4.27. The van der Waals surface area contributed by atoms with E-state index in [1.165, 1.54) is 0 Å². The quantitative estimate of drug-likeness (QED) is 0.729. The van der Waals surface area contributed by atoms with Crippen LogP contribution in [0.15, 0.2) is 60.7 Å². The smallest absolute Gasteiger partial charge is 0.261 e. The Morgan fingerprint density at radius 1 is 0.889 bits per heavy atom. The molecule has 0 bridgehead atoms. The largest absolute Gasteiger partial charge is 0.350 e.